The van der Waals surface area contributed by atoms with Crippen molar-refractivity contribution in [3.05, 3.63) is 141 Å². The smallest absolute Gasteiger partial charge is 0.416 e. The summed E-state index contributed by atoms with van der Waals surface area (Å²) >= 11 is 0. The van der Waals surface area contributed by atoms with Gasteiger partial charge in [0, 0.05) is 60.8 Å². The van der Waals surface area contributed by atoms with Gasteiger partial charge in [-0.3, -0.25) is 32.7 Å². The highest BCUT2D eigenvalue weighted by atomic mass is 127. The van der Waals surface area contributed by atoms with Gasteiger partial charge in [-0.05, 0) is 85.6 Å². The molecule has 0 aliphatic carbocycles. The van der Waals surface area contributed by atoms with Crippen LogP contribution in [0, 0.1) is 0 Å². The third-order valence-electron chi connectivity index (χ3n) is 11.3. The van der Waals surface area contributed by atoms with Gasteiger partial charge in [-0.25, -0.2) is 14.4 Å². The minimum Gasteiger partial charge on any atom is -1.51 e. The average Bonchev–Trinajstić information content (AvgIpc) is 3.93. The number of pyridine rings is 2. The summed E-state index contributed by atoms with van der Waals surface area (Å²) in [5.74, 6) is -1.75. The van der Waals surface area contributed by atoms with Gasteiger partial charge in [-0.1, -0.05) is 0 Å². The number of nitrogens with zero attached hydrogens (tertiary/aromatic N) is 8. The number of carbonyl (C=O) groups excluding carboxylic acids is 4. The molecule has 0 unspecified atom stereocenters. The van der Waals surface area contributed by atoms with Gasteiger partial charge in [0.15, 0.2) is 11.6 Å². The number of nitrogen functional groups attached to an aromatic ring is 2. The number of rotatable bonds is 12. The minimum absolute atomic E-state index is 0. The fourth-order valence-electron chi connectivity index (χ4n) is 8.04. The second-order valence-electron chi connectivity index (χ2n) is 16.3. The topological polar surface area (TPSA) is 232 Å². The van der Waals surface area contributed by atoms with Gasteiger partial charge in [0.05, 0.1) is 59.6 Å². The van der Waals surface area contributed by atoms with Crippen LogP contribution in [0.4, 0.5) is 53.7 Å². The van der Waals surface area contributed by atoms with Gasteiger partial charge in [0.2, 0.25) is 0 Å². The van der Waals surface area contributed by atoms with Gasteiger partial charge >= 0.3 is 12.4 Å². The summed E-state index contributed by atoms with van der Waals surface area (Å²) in [7, 11) is -4.02. The molecule has 74 heavy (non-hydrogen) atoms. The molecule has 0 spiro atoms. The average molecular weight is 1230 g/mol. The maximum atomic E-state index is 13.5. The van der Waals surface area contributed by atoms with E-state index in [4.69, 9.17) is 11.5 Å². The van der Waals surface area contributed by atoms with E-state index in [1.165, 1.54) is 56.1 Å². The summed E-state index contributed by atoms with van der Waals surface area (Å²) in [5.41, 5.74) is 9.96. The summed E-state index contributed by atoms with van der Waals surface area (Å²) in [4.78, 5) is 62.7. The van der Waals surface area contributed by atoms with Crippen LogP contribution in [0.1, 0.15) is 101 Å². The van der Waals surface area contributed by atoms with Crippen LogP contribution in [0.5, 0.6) is 0 Å². The number of nitrogens with two attached hydrogens (primary N) is 2. The standard InChI is InChI=1S/C23H22F3N5O5S.C22H19F4N5O2.HI.HP.2H2S/c1-13-11-30(16-5-6-18(23(24,25)26)15(8-16)12-36-37(2,34)35)22(33)20-14(10-29-31(13)20)9-19(32)17-4-3-7-28-21(17)27;1-12-11-30(15-4-5-17(22(24,25)26)13(7-15)9-23)21(33)19-14(10-29-31(12)19)8-18(32)16-3-2-6-28-20(16)27;;;;/h3-8,10,13H,9,11-12H2,1-2H3,(H2,27,28);2-7,10,12H,8-9,11H2,1H3,(H2,27,28);2*1H;2*1H2/q;;;-2;;/t13-;12-;;;;/m00..../s1/i;23-1;;;;. The van der Waals surface area contributed by atoms with Crippen LogP contribution >= 0.6 is 60.9 Å². The Kier molecular flexibility index (Phi) is 21.0. The van der Waals surface area contributed by atoms with E-state index < -0.39 is 69.8 Å². The van der Waals surface area contributed by atoms with Gasteiger partial charge in [0.25, 0.3) is 21.9 Å². The summed E-state index contributed by atoms with van der Waals surface area (Å²) in [6.07, 6.45) is -3.41. The maximum Gasteiger partial charge on any atom is 0.416 e. The molecule has 6 aromatic rings. The van der Waals surface area contributed by atoms with E-state index in [0.29, 0.717) is 11.1 Å². The molecule has 2 aliphatic heterocycles. The van der Waals surface area contributed by atoms with E-state index in [9.17, 15) is 58.3 Å². The van der Waals surface area contributed by atoms with Crippen molar-refractivity contribution in [1.29, 1.82) is 0 Å². The molecule has 0 saturated heterocycles. The highest BCUT2D eigenvalue weighted by molar-refractivity contribution is 14.0. The predicted molar refractivity (Wildman–Crippen MR) is 282 cm³/mol. The number of carbonyl (C=O) groups is 4. The molecule has 29 heteroatoms. The Morgan fingerprint density at radius 3 is 1.45 bits per heavy atom. The monoisotopic (exact) mass is 1230 g/mol. The number of aromatic nitrogens is 6. The van der Waals surface area contributed by atoms with Gasteiger partial charge in [0.1, 0.15) is 29.7 Å². The van der Waals surface area contributed by atoms with Crippen LogP contribution in [0.2, 0.25) is 0 Å². The summed E-state index contributed by atoms with van der Waals surface area (Å²) in [6, 6.07) is 11.4. The van der Waals surface area contributed by atoms with E-state index in [0.717, 1.165) is 42.7 Å². The van der Waals surface area contributed by atoms with Crippen LogP contribution in [0.3, 0.4) is 0 Å². The fraction of sp³-hybridized carbons (Fsp3) is 0.289. The Bertz CT molecular complexity index is 3160. The van der Waals surface area contributed by atoms with E-state index >= 15 is 0 Å². The van der Waals surface area contributed by atoms with Gasteiger partial charge in [-0.2, -0.15) is 71.9 Å². The third-order valence-corrected chi connectivity index (χ3v) is 11.9. The summed E-state index contributed by atoms with van der Waals surface area (Å²) < 4.78 is 124. The number of benzene rings is 2. The first-order chi connectivity index (χ1) is 32.9. The number of hydrogen-bond acceptors (Lipinski definition) is 13. The normalized spacial score (nSPS) is 15.2. The first-order valence-corrected chi connectivity index (χ1v) is 22.7. The molecule has 2 amide bonds. The molecule has 6 heterocycles. The molecule has 400 valence electrons. The highest BCUT2D eigenvalue weighted by Gasteiger charge is 2.39. The van der Waals surface area contributed by atoms with Crippen molar-refractivity contribution in [3.8, 4) is 0 Å². The second kappa shape index (κ2) is 24.8. The lowest BCUT2D eigenvalue weighted by Gasteiger charge is -2.33. The number of fused-ring (bicyclic) bond motifs is 2. The lowest BCUT2D eigenvalue weighted by atomic mass is 10.0. The molecule has 0 bridgehead atoms. The Morgan fingerprint density at radius 2 is 1.08 bits per heavy atom. The highest BCUT2D eigenvalue weighted by Crippen LogP contribution is 2.38. The van der Waals surface area contributed by atoms with E-state index in [2.05, 4.69) is 24.3 Å². The molecule has 0 saturated carbocycles. The van der Waals surface area contributed by atoms with E-state index in [-0.39, 0.29) is 156 Å². The Morgan fingerprint density at radius 1 is 0.689 bits per heavy atom. The number of amides is 2. The Labute approximate surface area is 453 Å². The van der Waals surface area contributed by atoms with Gasteiger partial charge < -0.3 is 31.2 Å². The number of hydrogen-bond donors (Lipinski definition) is 2. The van der Waals surface area contributed by atoms with Crippen LogP contribution in [0.25, 0.3) is 0 Å². The lowest BCUT2D eigenvalue weighted by Crippen LogP contribution is -2.43. The number of halogens is 8. The number of anilines is 4. The Balaban J connectivity index is 0.000000372. The number of Topliss-reactive ketones (excluding diaryl/α,β-unsaturated/α-hetero) is 2. The molecule has 2 atom stereocenters. The molecular weight excluding hydrogens is 1180 g/mol. The van der Waals surface area contributed by atoms with Crippen molar-refractivity contribution in [2.24, 2.45) is 0 Å². The van der Waals surface area contributed by atoms with Gasteiger partial charge in [-0.15, -0.1) is 24.0 Å². The molecule has 4 N–H and O–H groups in total. The number of ketones is 2. The largest absolute Gasteiger partial charge is 1.51 e. The second-order valence-corrected chi connectivity index (χ2v) is 18.0. The fourth-order valence-corrected chi connectivity index (χ4v) is 8.38. The van der Waals surface area contributed by atoms with Crippen LogP contribution in [-0.4, -0.2) is 80.7 Å². The molecule has 2 aromatic carbocycles. The van der Waals surface area contributed by atoms with Crippen molar-refractivity contribution >= 4 is 117 Å². The molecule has 17 nitrogen and oxygen atoms in total. The zero-order chi connectivity index (χ0) is 51.0. The quantitative estimate of drug-likeness (QED) is 0.0386. The van der Waals surface area contributed by atoms with Crippen LogP contribution in [0.15, 0.2) is 85.5 Å². The molecule has 0 fully saturated rings. The first-order valence-electron chi connectivity index (χ1n) is 20.9. The SMILES string of the molecule is C[C@H]1CN(c2ccc(C(F)(F)F)c(COS(C)(=O)=O)c2)C(=O)c2c(CC(=O)c3cccnc3N)cnn21.C[C@H]1CN(c2ccc(C(F)(F)F)c(C[18F])c2)C(=O)c2c(CC(=O)c3cccnc3N)cnn21.I.S.S.[PH-2]. The predicted octanol–water partition coefficient (Wildman–Crippen LogP) is 8.43. The van der Waals surface area contributed by atoms with Crippen LogP contribution < -0.4 is 21.3 Å². The van der Waals surface area contributed by atoms with E-state index in [1.807, 2.05) is 0 Å². The van der Waals surface area contributed by atoms with Crippen molar-refractivity contribution < 1.29 is 62.5 Å². The third kappa shape index (κ3) is 13.6. The van der Waals surface area contributed by atoms with Crippen molar-refractivity contribution in [1.82, 2.24) is 29.5 Å². The zero-order valence-electron chi connectivity index (χ0n) is 39.0. The Hall–Kier alpha value is -5.68. The molecule has 4 aromatic heterocycles. The maximum absolute atomic E-state index is 13.5. The molecule has 0 radical (unpaired) electrons. The summed E-state index contributed by atoms with van der Waals surface area (Å²) in [5, 5.41) is 8.47. The number of alkyl halides is 7. The van der Waals surface area contributed by atoms with Crippen molar-refractivity contribution in [2.45, 2.75) is 64.4 Å². The van der Waals surface area contributed by atoms with Crippen LogP contribution in [-0.2, 0) is 52.8 Å². The van der Waals surface area contributed by atoms with E-state index in [1.54, 1.807) is 26.0 Å². The molecule has 2 aliphatic rings. The van der Waals surface area contributed by atoms with Crippen molar-refractivity contribution in [2.75, 3.05) is 40.6 Å². The zero-order valence-corrected chi connectivity index (χ0v) is 45.2. The van der Waals surface area contributed by atoms with Crippen molar-refractivity contribution in [3.63, 3.8) is 0 Å². The first kappa shape index (κ1) is 62.6. The summed E-state index contributed by atoms with van der Waals surface area (Å²) in [6.45, 7) is 1.55. The molecular formula is C45H47F7IN10O7PS3-2. The minimum atomic E-state index is -4.77. The molecule has 8 rings (SSSR count). The lowest BCUT2D eigenvalue weighted by molar-refractivity contribution is -0.139.